The lowest BCUT2D eigenvalue weighted by atomic mass is 9.94. The van der Waals surface area contributed by atoms with Crippen molar-refractivity contribution in [2.75, 3.05) is 6.61 Å². The monoisotopic (exact) mass is 260 g/mol. The molecule has 0 saturated carbocycles. The van der Waals surface area contributed by atoms with Gasteiger partial charge in [-0.15, -0.1) is 0 Å². The van der Waals surface area contributed by atoms with Crippen LogP contribution in [0, 0.1) is 6.92 Å². The van der Waals surface area contributed by atoms with E-state index in [0.29, 0.717) is 0 Å². The van der Waals surface area contributed by atoms with E-state index in [4.69, 9.17) is 0 Å². The Balaban J connectivity index is 2.92. The summed E-state index contributed by atoms with van der Waals surface area (Å²) in [5, 5.41) is 0. The molecule has 0 aliphatic carbocycles. The third-order valence-corrected chi connectivity index (χ3v) is 2.55. The van der Waals surface area contributed by atoms with Gasteiger partial charge in [-0.2, -0.15) is 13.2 Å². The fourth-order valence-corrected chi connectivity index (χ4v) is 1.61. The molecule has 0 aromatic heterocycles. The second-order valence-corrected chi connectivity index (χ2v) is 4.01. The SMILES string of the molecule is CCOC(=O)C[C@@H](c1ccc(C)cc1)C(F)(F)F. The van der Waals surface area contributed by atoms with Gasteiger partial charge in [-0.25, -0.2) is 0 Å². The molecule has 5 heteroatoms. The molecule has 1 rings (SSSR count). The van der Waals surface area contributed by atoms with Crippen molar-refractivity contribution in [3.63, 3.8) is 0 Å². The molecule has 100 valence electrons. The number of hydrogen-bond donors (Lipinski definition) is 0. The minimum absolute atomic E-state index is 0.0807. The van der Waals surface area contributed by atoms with E-state index >= 15 is 0 Å². The summed E-state index contributed by atoms with van der Waals surface area (Å²) in [4.78, 5) is 11.2. The molecule has 18 heavy (non-hydrogen) atoms. The van der Waals surface area contributed by atoms with E-state index in [0.717, 1.165) is 5.56 Å². The molecule has 0 bridgehead atoms. The topological polar surface area (TPSA) is 26.3 Å². The van der Waals surface area contributed by atoms with Crippen LogP contribution < -0.4 is 0 Å². The molecule has 2 nitrogen and oxygen atoms in total. The van der Waals surface area contributed by atoms with Crippen molar-refractivity contribution in [2.24, 2.45) is 0 Å². The Kier molecular flexibility index (Phi) is 4.76. The van der Waals surface area contributed by atoms with Crippen LogP contribution in [-0.4, -0.2) is 18.8 Å². The molecular weight excluding hydrogens is 245 g/mol. The van der Waals surface area contributed by atoms with Crippen molar-refractivity contribution in [1.82, 2.24) is 0 Å². The number of carbonyl (C=O) groups is 1. The minimum Gasteiger partial charge on any atom is -0.466 e. The predicted octanol–water partition coefficient (Wildman–Crippen LogP) is 3.59. The highest BCUT2D eigenvalue weighted by molar-refractivity contribution is 5.70. The molecule has 0 N–H and O–H groups in total. The Labute approximate surface area is 104 Å². The van der Waals surface area contributed by atoms with Crippen molar-refractivity contribution in [1.29, 1.82) is 0 Å². The number of aryl methyl sites for hydroxylation is 1. The largest absolute Gasteiger partial charge is 0.466 e. The third-order valence-electron chi connectivity index (χ3n) is 2.55. The minimum atomic E-state index is -4.46. The number of ether oxygens (including phenoxy) is 1. The number of carbonyl (C=O) groups excluding carboxylic acids is 1. The first-order chi connectivity index (χ1) is 8.34. The first kappa shape index (κ1) is 14.5. The van der Waals surface area contributed by atoms with Gasteiger partial charge in [-0.05, 0) is 19.4 Å². The van der Waals surface area contributed by atoms with E-state index in [9.17, 15) is 18.0 Å². The molecule has 0 fully saturated rings. The third kappa shape index (κ3) is 4.05. The Hall–Kier alpha value is -1.52. The molecule has 0 radical (unpaired) electrons. The van der Waals surface area contributed by atoms with Crippen LogP contribution in [0.2, 0.25) is 0 Å². The van der Waals surface area contributed by atoms with Crippen molar-refractivity contribution < 1.29 is 22.7 Å². The van der Waals surface area contributed by atoms with Gasteiger partial charge in [-0.1, -0.05) is 29.8 Å². The van der Waals surface area contributed by atoms with Gasteiger partial charge in [-0.3, -0.25) is 4.79 Å². The Morgan fingerprint density at radius 3 is 2.28 bits per heavy atom. The normalized spacial score (nSPS) is 13.2. The summed E-state index contributed by atoms with van der Waals surface area (Å²) >= 11 is 0. The number of halogens is 3. The van der Waals surface area contributed by atoms with Crippen LogP contribution in [0.1, 0.15) is 30.4 Å². The van der Waals surface area contributed by atoms with E-state index in [1.165, 1.54) is 12.1 Å². The summed E-state index contributed by atoms with van der Waals surface area (Å²) in [6, 6.07) is 5.98. The maximum absolute atomic E-state index is 12.9. The number of hydrogen-bond acceptors (Lipinski definition) is 2. The maximum Gasteiger partial charge on any atom is 0.396 e. The van der Waals surface area contributed by atoms with Crippen LogP contribution in [0.4, 0.5) is 13.2 Å². The second kappa shape index (κ2) is 5.89. The lowest BCUT2D eigenvalue weighted by molar-refractivity contribution is -0.166. The Morgan fingerprint density at radius 2 is 1.83 bits per heavy atom. The highest BCUT2D eigenvalue weighted by atomic mass is 19.4. The van der Waals surface area contributed by atoms with Crippen LogP contribution in [0.25, 0.3) is 0 Å². The van der Waals surface area contributed by atoms with E-state index in [1.807, 2.05) is 0 Å². The van der Waals surface area contributed by atoms with Gasteiger partial charge >= 0.3 is 12.1 Å². The van der Waals surface area contributed by atoms with Gasteiger partial charge in [0.25, 0.3) is 0 Å². The molecule has 0 unspecified atom stereocenters. The first-order valence-corrected chi connectivity index (χ1v) is 5.63. The van der Waals surface area contributed by atoms with Gasteiger partial charge in [0.05, 0.1) is 18.9 Å². The van der Waals surface area contributed by atoms with E-state index in [1.54, 1.807) is 26.0 Å². The lowest BCUT2D eigenvalue weighted by Crippen LogP contribution is -2.24. The summed E-state index contributed by atoms with van der Waals surface area (Å²) in [6.45, 7) is 3.43. The average Bonchev–Trinajstić information content (AvgIpc) is 2.26. The molecule has 0 saturated heterocycles. The standard InChI is InChI=1S/C13H15F3O2/c1-3-18-12(17)8-11(13(14,15)16)10-6-4-9(2)5-7-10/h4-7,11H,3,8H2,1-2H3/t11-/m0/s1. The summed E-state index contributed by atoms with van der Waals surface area (Å²) < 4.78 is 43.3. The molecule has 0 amide bonds. The van der Waals surface area contributed by atoms with Gasteiger partial charge in [0.1, 0.15) is 0 Å². The first-order valence-electron chi connectivity index (χ1n) is 5.63. The zero-order valence-corrected chi connectivity index (χ0v) is 10.3. The highest BCUT2D eigenvalue weighted by Gasteiger charge is 2.42. The number of rotatable bonds is 4. The molecule has 0 spiro atoms. The van der Waals surface area contributed by atoms with Crippen LogP contribution in [0.3, 0.4) is 0 Å². The number of benzene rings is 1. The van der Waals surface area contributed by atoms with Crippen LogP contribution in [0.5, 0.6) is 0 Å². The fraction of sp³-hybridized carbons (Fsp3) is 0.462. The summed E-state index contributed by atoms with van der Waals surface area (Å²) in [6.07, 6.45) is -5.14. The molecule has 0 aliphatic rings. The van der Waals surface area contributed by atoms with Crippen molar-refractivity contribution in [3.8, 4) is 0 Å². The van der Waals surface area contributed by atoms with Crippen LogP contribution in [0.15, 0.2) is 24.3 Å². The van der Waals surface area contributed by atoms with E-state index in [-0.39, 0.29) is 12.2 Å². The quantitative estimate of drug-likeness (QED) is 0.773. The highest BCUT2D eigenvalue weighted by Crippen LogP contribution is 2.37. The van der Waals surface area contributed by atoms with Crippen molar-refractivity contribution >= 4 is 5.97 Å². The maximum atomic E-state index is 12.9. The summed E-state index contributed by atoms with van der Waals surface area (Å²) in [7, 11) is 0. The predicted molar refractivity (Wildman–Crippen MR) is 61.2 cm³/mol. The lowest BCUT2D eigenvalue weighted by Gasteiger charge is -2.20. The Bertz CT molecular complexity index is 396. The van der Waals surface area contributed by atoms with Crippen LogP contribution >= 0.6 is 0 Å². The average molecular weight is 260 g/mol. The smallest absolute Gasteiger partial charge is 0.396 e. The van der Waals surface area contributed by atoms with Crippen molar-refractivity contribution in [3.05, 3.63) is 35.4 Å². The molecule has 0 aliphatic heterocycles. The fourth-order valence-electron chi connectivity index (χ4n) is 1.61. The van der Waals surface area contributed by atoms with Crippen molar-refractivity contribution in [2.45, 2.75) is 32.4 Å². The molecule has 0 heterocycles. The summed E-state index contributed by atoms with van der Waals surface area (Å²) in [5.74, 6) is -2.64. The van der Waals surface area contributed by atoms with Gasteiger partial charge in [0.2, 0.25) is 0 Å². The van der Waals surface area contributed by atoms with Gasteiger partial charge in [0, 0.05) is 0 Å². The van der Waals surface area contributed by atoms with Gasteiger partial charge in [0.15, 0.2) is 0 Å². The number of esters is 1. The number of alkyl halides is 3. The molecular formula is C13H15F3O2. The van der Waals surface area contributed by atoms with Gasteiger partial charge < -0.3 is 4.74 Å². The van der Waals surface area contributed by atoms with Crippen LogP contribution in [-0.2, 0) is 9.53 Å². The molecule has 1 aromatic carbocycles. The van der Waals surface area contributed by atoms with E-state index in [2.05, 4.69) is 4.74 Å². The molecule has 1 aromatic rings. The molecule has 1 atom stereocenters. The Morgan fingerprint density at radius 1 is 1.28 bits per heavy atom. The summed E-state index contributed by atoms with van der Waals surface area (Å²) in [5.41, 5.74) is 0.956. The van der Waals surface area contributed by atoms with E-state index < -0.39 is 24.5 Å². The zero-order valence-electron chi connectivity index (χ0n) is 10.3. The second-order valence-electron chi connectivity index (χ2n) is 4.01. The zero-order chi connectivity index (χ0) is 13.8.